The molecule has 1 aliphatic heterocycles. The fourth-order valence-electron chi connectivity index (χ4n) is 3.25. The Balaban J connectivity index is 2.35. The molecule has 3 nitrogen and oxygen atoms in total. The highest BCUT2D eigenvalue weighted by atomic mass is 79.9. The predicted molar refractivity (Wildman–Crippen MR) is 91.7 cm³/mol. The minimum atomic E-state index is -0.154. The Kier molecular flexibility index (Phi) is 5.36. The third kappa shape index (κ3) is 4.01. The van der Waals surface area contributed by atoms with Crippen molar-refractivity contribution in [3.63, 3.8) is 0 Å². The van der Waals surface area contributed by atoms with E-state index in [1.54, 1.807) is 7.11 Å². The number of nitrogens with one attached hydrogen (secondary N) is 1. The molecule has 21 heavy (non-hydrogen) atoms. The highest BCUT2D eigenvalue weighted by Gasteiger charge is 2.38. The number of hydrogen-bond donors (Lipinski definition) is 1. The van der Waals surface area contributed by atoms with Gasteiger partial charge in [0, 0.05) is 16.4 Å². The molecule has 116 valence electrons. The standard InChI is InChI=1S/C16H21Br2NO2/c1-10(2)8-16(5-4-14(20)19-16)9-11-6-12(17)7-13(18)15(11)21-3/h6-7,10H,4-5,8-9H2,1-3H3,(H,19,20). The molecule has 0 aromatic heterocycles. The molecule has 0 saturated carbocycles. The molecule has 2 rings (SSSR count). The number of carbonyl (C=O) groups is 1. The Morgan fingerprint density at radius 2 is 2.10 bits per heavy atom. The van der Waals surface area contributed by atoms with Crippen LogP contribution in [0.4, 0.5) is 0 Å². The van der Waals surface area contributed by atoms with Crippen LogP contribution in [0.15, 0.2) is 21.1 Å². The summed E-state index contributed by atoms with van der Waals surface area (Å²) in [5.74, 6) is 1.54. The van der Waals surface area contributed by atoms with Crippen LogP contribution in [0.2, 0.25) is 0 Å². The highest BCUT2D eigenvalue weighted by molar-refractivity contribution is 9.11. The summed E-state index contributed by atoms with van der Waals surface area (Å²) in [6, 6.07) is 4.06. The summed E-state index contributed by atoms with van der Waals surface area (Å²) in [5.41, 5.74) is 0.959. The zero-order valence-corrected chi connectivity index (χ0v) is 15.8. The Morgan fingerprint density at radius 3 is 2.62 bits per heavy atom. The number of benzene rings is 1. The number of carbonyl (C=O) groups excluding carboxylic acids is 1. The van der Waals surface area contributed by atoms with Gasteiger partial charge in [0.2, 0.25) is 5.91 Å². The predicted octanol–water partition coefficient (Wildman–Crippen LogP) is 4.46. The first-order chi connectivity index (χ1) is 9.85. The van der Waals surface area contributed by atoms with Gasteiger partial charge in [0.25, 0.3) is 0 Å². The van der Waals surface area contributed by atoms with E-state index in [1.807, 2.05) is 6.07 Å². The summed E-state index contributed by atoms with van der Waals surface area (Å²) in [4.78, 5) is 11.8. The lowest BCUT2D eigenvalue weighted by Gasteiger charge is -2.32. The van der Waals surface area contributed by atoms with Crippen LogP contribution >= 0.6 is 31.9 Å². The quantitative estimate of drug-likeness (QED) is 0.766. The van der Waals surface area contributed by atoms with Gasteiger partial charge in [0.15, 0.2) is 0 Å². The molecule has 1 atom stereocenters. The molecule has 1 heterocycles. The van der Waals surface area contributed by atoms with E-state index < -0.39 is 0 Å². The highest BCUT2D eigenvalue weighted by Crippen LogP contribution is 2.38. The van der Waals surface area contributed by atoms with E-state index in [9.17, 15) is 4.79 Å². The van der Waals surface area contributed by atoms with Gasteiger partial charge in [-0.25, -0.2) is 0 Å². The second-order valence-electron chi connectivity index (χ2n) is 6.18. The zero-order chi connectivity index (χ0) is 15.6. The van der Waals surface area contributed by atoms with Crippen molar-refractivity contribution in [1.29, 1.82) is 0 Å². The zero-order valence-electron chi connectivity index (χ0n) is 12.6. The van der Waals surface area contributed by atoms with E-state index in [0.717, 1.165) is 39.5 Å². The SMILES string of the molecule is COc1c(Br)cc(Br)cc1CC1(CC(C)C)CCC(=O)N1. The van der Waals surface area contributed by atoms with Gasteiger partial charge in [0.1, 0.15) is 5.75 Å². The minimum Gasteiger partial charge on any atom is -0.495 e. The van der Waals surface area contributed by atoms with Crippen molar-refractivity contribution < 1.29 is 9.53 Å². The first-order valence-electron chi connectivity index (χ1n) is 7.18. The maximum absolute atomic E-state index is 11.8. The molecule has 1 amide bonds. The third-order valence-corrected chi connectivity index (χ3v) is 4.90. The molecule has 0 bridgehead atoms. The van der Waals surface area contributed by atoms with Crippen molar-refractivity contribution >= 4 is 37.8 Å². The van der Waals surface area contributed by atoms with Crippen LogP contribution in [0.3, 0.4) is 0 Å². The Hall–Kier alpha value is -0.550. The molecule has 0 aliphatic carbocycles. The molecule has 1 aliphatic rings. The van der Waals surface area contributed by atoms with Crippen LogP contribution in [-0.2, 0) is 11.2 Å². The number of ether oxygens (including phenoxy) is 1. The summed E-state index contributed by atoms with van der Waals surface area (Å²) >= 11 is 7.08. The molecule has 1 aromatic rings. The van der Waals surface area contributed by atoms with Gasteiger partial charge >= 0.3 is 0 Å². The summed E-state index contributed by atoms with van der Waals surface area (Å²) < 4.78 is 7.48. The van der Waals surface area contributed by atoms with Crippen LogP contribution in [0.25, 0.3) is 0 Å². The van der Waals surface area contributed by atoms with Crippen molar-refractivity contribution in [3.8, 4) is 5.75 Å². The molecular formula is C16H21Br2NO2. The molecule has 1 unspecified atom stereocenters. The summed E-state index contributed by atoms with van der Waals surface area (Å²) in [6.45, 7) is 4.39. The number of methoxy groups -OCH3 is 1. The van der Waals surface area contributed by atoms with E-state index in [2.05, 4.69) is 57.1 Å². The largest absolute Gasteiger partial charge is 0.495 e. The van der Waals surface area contributed by atoms with Crippen molar-refractivity contribution in [2.45, 2.75) is 45.1 Å². The van der Waals surface area contributed by atoms with Gasteiger partial charge in [-0.3, -0.25) is 4.79 Å². The molecule has 1 fully saturated rings. The number of amides is 1. The van der Waals surface area contributed by atoms with Crippen LogP contribution in [0.1, 0.15) is 38.7 Å². The topological polar surface area (TPSA) is 38.3 Å². The maximum atomic E-state index is 11.8. The number of hydrogen-bond acceptors (Lipinski definition) is 2. The molecule has 0 spiro atoms. The summed E-state index contributed by atoms with van der Waals surface area (Å²) in [7, 11) is 1.68. The lowest BCUT2D eigenvalue weighted by atomic mass is 9.82. The Morgan fingerprint density at radius 1 is 1.38 bits per heavy atom. The van der Waals surface area contributed by atoms with Gasteiger partial charge in [0.05, 0.1) is 11.6 Å². The van der Waals surface area contributed by atoms with Gasteiger partial charge in [-0.2, -0.15) is 0 Å². The first kappa shape index (κ1) is 16.8. The molecule has 1 saturated heterocycles. The van der Waals surface area contributed by atoms with E-state index in [-0.39, 0.29) is 11.4 Å². The molecule has 1 N–H and O–H groups in total. The Labute approximate surface area is 143 Å². The monoisotopic (exact) mass is 417 g/mol. The van der Waals surface area contributed by atoms with E-state index in [4.69, 9.17) is 4.74 Å². The smallest absolute Gasteiger partial charge is 0.220 e. The molecular weight excluding hydrogens is 398 g/mol. The van der Waals surface area contributed by atoms with Crippen LogP contribution in [-0.4, -0.2) is 18.6 Å². The molecule has 0 radical (unpaired) electrons. The van der Waals surface area contributed by atoms with Crippen molar-refractivity contribution in [2.75, 3.05) is 7.11 Å². The lowest BCUT2D eigenvalue weighted by Crippen LogP contribution is -2.44. The summed E-state index contributed by atoms with van der Waals surface area (Å²) in [6.07, 6.45) is 3.27. The van der Waals surface area contributed by atoms with Gasteiger partial charge in [-0.05, 0) is 58.8 Å². The van der Waals surface area contributed by atoms with Gasteiger partial charge in [-0.15, -0.1) is 0 Å². The van der Waals surface area contributed by atoms with Crippen molar-refractivity contribution in [2.24, 2.45) is 5.92 Å². The van der Waals surface area contributed by atoms with E-state index >= 15 is 0 Å². The fraction of sp³-hybridized carbons (Fsp3) is 0.562. The van der Waals surface area contributed by atoms with E-state index in [1.165, 1.54) is 0 Å². The first-order valence-corrected chi connectivity index (χ1v) is 8.77. The average molecular weight is 419 g/mol. The van der Waals surface area contributed by atoms with Gasteiger partial charge < -0.3 is 10.1 Å². The number of halogens is 2. The molecule has 5 heteroatoms. The third-order valence-electron chi connectivity index (χ3n) is 3.85. The fourth-order valence-corrected chi connectivity index (χ4v) is 4.73. The van der Waals surface area contributed by atoms with E-state index in [0.29, 0.717) is 12.3 Å². The second kappa shape index (κ2) is 6.69. The van der Waals surface area contributed by atoms with Crippen LogP contribution in [0.5, 0.6) is 5.75 Å². The lowest BCUT2D eigenvalue weighted by molar-refractivity contribution is -0.119. The van der Waals surface area contributed by atoms with Crippen LogP contribution in [0, 0.1) is 5.92 Å². The average Bonchev–Trinajstić information content (AvgIpc) is 2.68. The Bertz CT molecular complexity index is 545. The van der Waals surface area contributed by atoms with Crippen LogP contribution < -0.4 is 10.1 Å². The normalized spacial score (nSPS) is 21.7. The second-order valence-corrected chi connectivity index (χ2v) is 7.95. The molecule has 1 aromatic carbocycles. The summed E-state index contributed by atoms with van der Waals surface area (Å²) in [5, 5.41) is 3.21. The van der Waals surface area contributed by atoms with Crippen molar-refractivity contribution in [3.05, 3.63) is 26.6 Å². The maximum Gasteiger partial charge on any atom is 0.220 e. The minimum absolute atomic E-state index is 0.154. The number of rotatable bonds is 5. The van der Waals surface area contributed by atoms with Gasteiger partial charge in [-0.1, -0.05) is 29.8 Å². The van der Waals surface area contributed by atoms with Crippen molar-refractivity contribution in [1.82, 2.24) is 5.32 Å².